The SMILES string of the molecule is Cc1nc([N+](=O)[O-])cn1CC(=O)NC(CCOC(C)(C)C)C(=O)O. The standard InChI is InChI=1S/C14H22N4O6/c1-9-15-11(18(22)23)7-17(9)8-12(19)16-10(13(20)21)5-6-24-14(2,3)4/h7,10H,5-6,8H2,1-4H3,(H,16,19)(H,20,21). The number of nitrogens with zero attached hydrogens (tertiary/aromatic N) is 3. The van der Waals surface area contributed by atoms with Crippen molar-refractivity contribution in [2.45, 2.75) is 52.3 Å². The molecule has 24 heavy (non-hydrogen) atoms. The van der Waals surface area contributed by atoms with Crippen LogP contribution in [0, 0.1) is 17.0 Å². The van der Waals surface area contributed by atoms with Crippen LogP contribution in [0.4, 0.5) is 5.82 Å². The van der Waals surface area contributed by atoms with Gasteiger partial charge in [0, 0.05) is 20.0 Å². The van der Waals surface area contributed by atoms with E-state index in [0.717, 1.165) is 6.20 Å². The monoisotopic (exact) mass is 342 g/mol. The Morgan fingerprint density at radius 1 is 1.50 bits per heavy atom. The zero-order valence-electron chi connectivity index (χ0n) is 14.1. The van der Waals surface area contributed by atoms with Gasteiger partial charge in [-0.25, -0.2) is 4.79 Å². The quantitative estimate of drug-likeness (QED) is 0.528. The van der Waals surface area contributed by atoms with Crippen LogP contribution in [-0.4, -0.2) is 49.7 Å². The van der Waals surface area contributed by atoms with Crippen LogP contribution in [0.2, 0.25) is 0 Å². The number of carboxylic acids is 1. The van der Waals surface area contributed by atoms with Gasteiger partial charge in [0.25, 0.3) is 0 Å². The summed E-state index contributed by atoms with van der Waals surface area (Å²) in [5, 5.41) is 22.2. The zero-order chi connectivity index (χ0) is 18.5. The number of carbonyl (C=O) groups is 2. The van der Waals surface area contributed by atoms with Crippen LogP contribution in [0.5, 0.6) is 0 Å². The minimum Gasteiger partial charge on any atom is -0.480 e. The summed E-state index contributed by atoms with van der Waals surface area (Å²) in [7, 11) is 0. The molecular weight excluding hydrogens is 320 g/mol. The van der Waals surface area contributed by atoms with E-state index in [4.69, 9.17) is 4.74 Å². The third-order valence-corrected chi connectivity index (χ3v) is 3.04. The fraction of sp³-hybridized carbons (Fsp3) is 0.643. The van der Waals surface area contributed by atoms with Crippen molar-refractivity contribution in [1.29, 1.82) is 0 Å². The molecule has 0 aliphatic rings. The number of carbonyl (C=O) groups excluding carboxylic acids is 1. The summed E-state index contributed by atoms with van der Waals surface area (Å²) in [5.74, 6) is -1.82. The van der Waals surface area contributed by atoms with Gasteiger partial charge in [-0.3, -0.25) is 9.36 Å². The van der Waals surface area contributed by atoms with E-state index in [1.54, 1.807) is 0 Å². The summed E-state index contributed by atoms with van der Waals surface area (Å²) in [6.07, 6.45) is 1.24. The van der Waals surface area contributed by atoms with Crippen molar-refractivity contribution in [3.05, 3.63) is 22.1 Å². The second kappa shape index (κ2) is 7.86. The molecule has 1 aromatic heterocycles. The molecule has 0 radical (unpaired) electrons. The zero-order valence-corrected chi connectivity index (χ0v) is 14.1. The van der Waals surface area contributed by atoms with Crippen LogP contribution in [0.3, 0.4) is 0 Å². The van der Waals surface area contributed by atoms with Gasteiger partial charge in [0.15, 0.2) is 0 Å². The summed E-state index contributed by atoms with van der Waals surface area (Å²) in [4.78, 5) is 36.9. The van der Waals surface area contributed by atoms with Crippen LogP contribution in [0.15, 0.2) is 6.20 Å². The Balaban J connectivity index is 2.62. The topological polar surface area (TPSA) is 137 Å². The molecule has 0 saturated carbocycles. The van der Waals surface area contributed by atoms with Crippen molar-refractivity contribution >= 4 is 17.7 Å². The molecule has 2 N–H and O–H groups in total. The van der Waals surface area contributed by atoms with Gasteiger partial charge >= 0.3 is 11.8 Å². The van der Waals surface area contributed by atoms with E-state index >= 15 is 0 Å². The Kier molecular flexibility index (Phi) is 6.41. The third kappa shape index (κ3) is 6.32. The molecule has 0 aliphatic heterocycles. The van der Waals surface area contributed by atoms with E-state index in [0.29, 0.717) is 5.82 Å². The summed E-state index contributed by atoms with van der Waals surface area (Å²) in [5.41, 5.74) is -0.403. The number of nitro groups is 1. The average molecular weight is 342 g/mol. The molecule has 0 spiro atoms. The molecule has 1 aromatic rings. The van der Waals surface area contributed by atoms with Gasteiger partial charge in [0.05, 0.1) is 5.60 Å². The maximum Gasteiger partial charge on any atom is 0.381 e. The Bertz CT molecular complexity index is 619. The van der Waals surface area contributed by atoms with E-state index in [-0.39, 0.29) is 25.4 Å². The van der Waals surface area contributed by atoms with Gasteiger partial charge in [-0.2, -0.15) is 0 Å². The highest BCUT2D eigenvalue weighted by Crippen LogP contribution is 2.10. The Hall–Kier alpha value is -2.49. The van der Waals surface area contributed by atoms with Crippen LogP contribution in [0.25, 0.3) is 0 Å². The highest BCUT2D eigenvalue weighted by atomic mass is 16.6. The predicted octanol–water partition coefficient (Wildman–Crippen LogP) is 0.874. The Morgan fingerprint density at radius 3 is 2.58 bits per heavy atom. The van der Waals surface area contributed by atoms with Crippen LogP contribution in [-0.2, 0) is 20.9 Å². The molecule has 1 heterocycles. The number of amides is 1. The molecule has 1 amide bonds. The number of rotatable bonds is 8. The molecule has 0 aliphatic carbocycles. The molecule has 1 rings (SSSR count). The van der Waals surface area contributed by atoms with Crippen molar-refractivity contribution in [2.24, 2.45) is 0 Å². The van der Waals surface area contributed by atoms with Crippen molar-refractivity contribution < 1.29 is 24.4 Å². The smallest absolute Gasteiger partial charge is 0.381 e. The van der Waals surface area contributed by atoms with Gasteiger partial charge in [-0.1, -0.05) is 0 Å². The maximum atomic E-state index is 12.0. The number of imidazole rings is 1. The Labute approximate surface area is 139 Å². The number of carboxylic acid groups (broad SMARTS) is 1. The number of ether oxygens (including phenoxy) is 1. The van der Waals surface area contributed by atoms with Crippen LogP contribution < -0.4 is 5.32 Å². The highest BCUT2D eigenvalue weighted by molar-refractivity contribution is 5.83. The van der Waals surface area contributed by atoms with E-state index in [1.807, 2.05) is 20.8 Å². The second-order valence-corrected chi connectivity index (χ2v) is 6.24. The lowest BCUT2D eigenvalue weighted by molar-refractivity contribution is -0.389. The number of aliphatic carboxylic acids is 1. The molecule has 134 valence electrons. The van der Waals surface area contributed by atoms with Gasteiger partial charge in [0.1, 0.15) is 18.8 Å². The molecule has 1 unspecified atom stereocenters. The normalized spacial score (nSPS) is 12.7. The molecular formula is C14H22N4O6. The number of hydrogen-bond donors (Lipinski definition) is 2. The molecule has 0 saturated heterocycles. The van der Waals surface area contributed by atoms with Gasteiger partial charge in [0.2, 0.25) is 11.7 Å². The molecule has 0 bridgehead atoms. The third-order valence-electron chi connectivity index (χ3n) is 3.04. The second-order valence-electron chi connectivity index (χ2n) is 6.24. The number of nitrogens with one attached hydrogen (secondary N) is 1. The maximum absolute atomic E-state index is 12.0. The van der Waals surface area contributed by atoms with Crippen molar-refractivity contribution in [1.82, 2.24) is 14.9 Å². The van der Waals surface area contributed by atoms with Crippen molar-refractivity contribution in [3.63, 3.8) is 0 Å². The first kappa shape index (κ1) is 19.6. The van der Waals surface area contributed by atoms with Gasteiger partial charge in [-0.05, 0) is 30.7 Å². The number of aromatic nitrogens is 2. The lowest BCUT2D eigenvalue weighted by Gasteiger charge is -2.21. The number of aryl methyl sites for hydroxylation is 1. The molecule has 10 nitrogen and oxygen atoms in total. The minimum absolute atomic E-state index is 0.113. The highest BCUT2D eigenvalue weighted by Gasteiger charge is 2.23. The van der Waals surface area contributed by atoms with Crippen molar-refractivity contribution in [3.8, 4) is 0 Å². The summed E-state index contributed by atoms with van der Waals surface area (Å²) < 4.78 is 6.74. The van der Waals surface area contributed by atoms with E-state index < -0.39 is 28.4 Å². The molecule has 0 fully saturated rings. The van der Waals surface area contributed by atoms with Crippen LogP contribution >= 0.6 is 0 Å². The lowest BCUT2D eigenvalue weighted by Crippen LogP contribution is -2.43. The van der Waals surface area contributed by atoms with Crippen LogP contribution in [0.1, 0.15) is 33.0 Å². The predicted molar refractivity (Wildman–Crippen MR) is 83.5 cm³/mol. The first-order chi connectivity index (χ1) is 11.0. The summed E-state index contributed by atoms with van der Waals surface area (Å²) >= 11 is 0. The fourth-order valence-corrected chi connectivity index (χ4v) is 1.87. The largest absolute Gasteiger partial charge is 0.480 e. The van der Waals surface area contributed by atoms with Gasteiger partial charge in [-0.15, -0.1) is 0 Å². The first-order valence-corrected chi connectivity index (χ1v) is 7.34. The molecule has 1 atom stereocenters. The molecule has 10 heteroatoms. The van der Waals surface area contributed by atoms with E-state index in [1.165, 1.54) is 11.5 Å². The Morgan fingerprint density at radius 2 is 2.12 bits per heavy atom. The lowest BCUT2D eigenvalue weighted by atomic mass is 10.1. The first-order valence-electron chi connectivity index (χ1n) is 7.34. The summed E-state index contributed by atoms with van der Waals surface area (Å²) in [6.45, 7) is 6.97. The number of hydrogen-bond acceptors (Lipinski definition) is 6. The van der Waals surface area contributed by atoms with E-state index in [9.17, 15) is 24.8 Å². The fourth-order valence-electron chi connectivity index (χ4n) is 1.87. The average Bonchev–Trinajstić information content (AvgIpc) is 2.77. The molecule has 0 aromatic carbocycles. The van der Waals surface area contributed by atoms with Gasteiger partial charge < -0.3 is 25.3 Å². The van der Waals surface area contributed by atoms with E-state index in [2.05, 4.69) is 10.3 Å². The minimum atomic E-state index is -1.17. The van der Waals surface area contributed by atoms with Crippen molar-refractivity contribution in [2.75, 3.05) is 6.61 Å². The summed E-state index contributed by atoms with van der Waals surface area (Å²) in [6, 6.07) is -1.10.